The molecule has 0 aromatic rings. The molecular formula is C15H29N3O2. The largest absolute Gasteiger partial charge is 0.379 e. The van der Waals surface area contributed by atoms with E-state index in [0.717, 1.165) is 58.8 Å². The quantitative estimate of drug-likeness (QED) is 0.770. The Bertz CT molecular complexity index is 305. The smallest absolute Gasteiger partial charge is 0.223 e. The Morgan fingerprint density at radius 3 is 2.90 bits per heavy atom. The van der Waals surface area contributed by atoms with E-state index >= 15 is 0 Å². The Morgan fingerprint density at radius 1 is 1.45 bits per heavy atom. The lowest BCUT2D eigenvalue weighted by Crippen LogP contribution is -2.45. The van der Waals surface area contributed by atoms with Crippen LogP contribution in [0.5, 0.6) is 0 Å². The molecule has 0 spiro atoms. The minimum atomic E-state index is 0.196. The van der Waals surface area contributed by atoms with Crippen LogP contribution >= 0.6 is 0 Å². The van der Waals surface area contributed by atoms with Gasteiger partial charge in [0, 0.05) is 38.1 Å². The van der Waals surface area contributed by atoms with E-state index in [0.29, 0.717) is 12.0 Å². The summed E-state index contributed by atoms with van der Waals surface area (Å²) >= 11 is 0. The lowest BCUT2D eigenvalue weighted by molar-refractivity contribution is -0.126. The van der Waals surface area contributed by atoms with E-state index in [9.17, 15) is 4.79 Å². The average Bonchev–Trinajstić information content (AvgIpc) is 2.46. The summed E-state index contributed by atoms with van der Waals surface area (Å²) in [7, 11) is 0. The van der Waals surface area contributed by atoms with Crippen LogP contribution in [-0.4, -0.2) is 62.8 Å². The predicted molar refractivity (Wildman–Crippen MR) is 79.6 cm³/mol. The van der Waals surface area contributed by atoms with Crippen molar-refractivity contribution in [2.75, 3.05) is 45.9 Å². The Balaban J connectivity index is 1.64. The molecule has 0 bridgehead atoms. The molecule has 116 valence electrons. The predicted octanol–water partition coefficient (Wildman–Crippen LogP) is 0.459. The fraction of sp³-hybridized carbons (Fsp3) is 0.933. The highest BCUT2D eigenvalue weighted by Crippen LogP contribution is 2.16. The van der Waals surface area contributed by atoms with E-state index in [-0.39, 0.29) is 11.8 Å². The fourth-order valence-electron chi connectivity index (χ4n) is 3.08. The molecule has 1 amide bonds. The van der Waals surface area contributed by atoms with Crippen LogP contribution in [-0.2, 0) is 9.53 Å². The molecule has 0 aliphatic carbocycles. The highest BCUT2D eigenvalue weighted by molar-refractivity contribution is 5.78. The van der Waals surface area contributed by atoms with E-state index in [1.54, 1.807) is 0 Å². The zero-order valence-corrected chi connectivity index (χ0v) is 12.9. The van der Waals surface area contributed by atoms with Crippen LogP contribution in [0, 0.1) is 11.8 Å². The van der Waals surface area contributed by atoms with Crippen LogP contribution in [0.4, 0.5) is 0 Å². The highest BCUT2D eigenvalue weighted by Gasteiger charge is 2.24. The molecule has 2 saturated heterocycles. The number of rotatable bonds is 5. The second kappa shape index (κ2) is 7.96. The molecular weight excluding hydrogens is 254 g/mol. The summed E-state index contributed by atoms with van der Waals surface area (Å²) < 4.78 is 5.35. The minimum absolute atomic E-state index is 0.196. The van der Waals surface area contributed by atoms with Gasteiger partial charge in [0.05, 0.1) is 13.2 Å². The van der Waals surface area contributed by atoms with Gasteiger partial charge in [0.15, 0.2) is 0 Å². The zero-order chi connectivity index (χ0) is 14.4. The van der Waals surface area contributed by atoms with Crippen LogP contribution in [0.2, 0.25) is 0 Å². The molecule has 2 aliphatic heterocycles. The maximum atomic E-state index is 12.2. The first kappa shape index (κ1) is 15.7. The van der Waals surface area contributed by atoms with Crippen molar-refractivity contribution in [2.24, 2.45) is 11.8 Å². The Morgan fingerprint density at radius 2 is 2.20 bits per heavy atom. The summed E-state index contributed by atoms with van der Waals surface area (Å²) in [6.45, 7) is 10.9. The highest BCUT2D eigenvalue weighted by atomic mass is 16.5. The monoisotopic (exact) mass is 283 g/mol. The first-order valence-electron chi connectivity index (χ1n) is 7.96. The summed E-state index contributed by atoms with van der Waals surface area (Å²) in [6, 6.07) is 0.463. The lowest BCUT2D eigenvalue weighted by atomic mass is 9.92. The zero-order valence-electron chi connectivity index (χ0n) is 12.9. The minimum Gasteiger partial charge on any atom is -0.379 e. The van der Waals surface area contributed by atoms with E-state index in [1.165, 1.54) is 0 Å². The molecule has 0 radical (unpaired) electrons. The number of hydrogen-bond donors (Lipinski definition) is 2. The van der Waals surface area contributed by atoms with Crippen molar-refractivity contribution in [1.29, 1.82) is 0 Å². The first-order chi connectivity index (χ1) is 9.65. The lowest BCUT2D eigenvalue weighted by Gasteiger charge is -2.30. The van der Waals surface area contributed by atoms with E-state index in [2.05, 4.69) is 29.4 Å². The van der Waals surface area contributed by atoms with Crippen molar-refractivity contribution in [3.63, 3.8) is 0 Å². The molecule has 0 aromatic carbocycles. The van der Waals surface area contributed by atoms with Gasteiger partial charge in [-0.15, -0.1) is 0 Å². The molecule has 2 rings (SSSR count). The number of carbonyl (C=O) groups is 1. The summed E-state index contributed by atoms with van der Waals surface area (Å²) in [6.07, 6.45) is 1.93. The van der Waals surface area contributed by atoms with Crippen molar-refractivity contribution in [3.05, 3.63) is 0 Å². The second-order valence-electron chi connectivity index (χ2n) is 6.34. The topological polar surface area (TPSA) is 53.6 Å². The van der Waals surface area contributed by atoms with Gasteiger partial charge >= 0.3 is 0 Å². The van der Waals surface area contributed by atoms with E-state index in [1.807, 2.05) is 0 Å². The molecule has 2 aliphatic rings. The molecule has 20 heavy (non-hydrogen) atoms. The van der Waals surface area contributed by atoms with Gasteiger partial charge in [0.2, 0.25) is 5.91 Å². The number of nitrogens with zero attached hydrogens (tertiary/aromatic N) is 1. The van der Waals surface area contributed by atoms with Gasteiger partial charge in [0.25, 0.3) is 0 Å². The maximum absolute atomic E-state index is 12.2. The van der Waals surface area contributed by atoms with Gasteiger partial charge < -0.3 is 15.4 Å². The van der Waals surface area contributed by atoms with E-state index in [4.69, 9.17) is 4.74 Å². The van der Waals surface area contributed by atoms with Crippen LogP contribution in [0.3, 0.4) is 0 Å². The molecule has 5 nitrogen and oxygen atoms in total. The summed E-state index contributed by atoms with van der Waals surface area (Å²) in [5.41, 5.74) is 0. The summed E-state index contributed by atoms with van der Waals surface area (Å²) in [5.74, 6) is 0.935. The molecule has 5 heteroatoms. The van der Waals surface area contributed by atoms with Gasteiger partial charge in [-0.3, -0.25) is 9.69 Å². The van der Waals surface area contributed by atoms with Crippen LogP contribution in [0.1, 0.15) is 26.7 Å². The van der Waals surface area contributed by atoms with Gasteiger partial charge in [-0.25, -0.2) is 0 Å². The number of piperidine rings is 1. The standard InChI is InChI=1S/C15H29N3O2/c1-12(11-18-5-7-20-8-6-18)10-17-15(19)14-3-4-16-13(2)9-14/h12-14,16H,3-11H2,1-2H3,(H,17,19)/t12?,13-,14-/m0/s1. The van der Waals surface area contributed by atoms with Crippen LogP contribution in [0.25, 0.3) is 0 Å². The van der Waals surface area contributed by atoms with Crippen LogP contribution < -0.4 is 10.6 Å². The third-order valence-corrected chi connectivity index (χ3v) is 4.29. The van der Waals surface area contributed by atoms with Crippen molar-refractivity contribution in [1.82, 2.24) is 15.5 Å². The Hall–Kier alpha value is -0.650. The Labute approximate surface area is 122 Å². The van der Waals surface area contributed by atoms with Crippen molar-refractivity contribution < 1.29 is 9.53 Å². The van der Waals surface area contributed by atoms with Crippen molar-refractivity contribution in [3.8, 4) is 0 Å². The SMILES string of the molecule is CC(CNC(=O)[C@H]1CCN[C@@H](C)C1)CN1CCOCC1. The van der Waals surface area contributed by atoms with Gasteiger partial charge in [-0.05, 0) is 32.2 Å². The van der Waals surface area contributed by atoms with Gasteiger partial charge in [-0.1, -0.05) is 6.92 Å². The molecule has 0 saturated carbocycles. The normalized spacial score (nSPS) is 29.9. The number of morpholine rings is 1. The number of nitrogens with one attached hydrogen (secondary N) is 2. The second-order valence-corrected chi connectivity index (χ2v) is 6.34. The van der Waals surface area contributed by atoms with Crippen LogP contribution in [0.15, 0.2) is 0 Å². The molecule has 0 aromatic heterocycles. The molecule has 2 fully saturated rings. The number of ether oxygens (including phenoxy) is 1. The molecule has 2 heterocycles. The molecule has 2 N–H and O–H groups in total. The first-order valence-corrected chi connectivity index (χ1v) is 7.96. The third kappa shape index (κ3) is 5.04. The molecule has 1 unspecified atom stereocenters. The van der Waals surface area contributed by atoms with Gasteiger partial charge in [0.1, 0.15) is 0 Å². The number of amides is 1. The Kier molecular flexibility index (Phi) is 6.26. The number of hydrogen-bond acceptors (Lipinski definition) is 4. The number of carbonyl (C=O) groups excluding carboxylic acids is 1. The third-order valence-electron chi connectivity index (χ3n) is 4.29. The van der Waals surface area contributed by atoms with Crippen molar-refractivity contribution >= 4 is 5.91 Å². The maximum Gasteiger partial charge on any atom is 0.223 e. The van der Waals surface area contributed by atoms with Gasteiger partial charge in [-0.2, -0.15) is 0 Å². The molecule has 3 atom stereocenters. The van der Waals surface area contributed by atoms with E-state index < -0.39 is 0 Å². The van der Waals surface area contributed by atoms with Crippen molar-refractivity contribution in [2.45, 2.75) is 32.7 Å². The fourth-order valence-corrected chi connectivity index (χ4v) is 3.08. The average molecular weight is 283 g/mol. The summed E-state index contributed by atoms with van der Waals surface area (Å²) in [4.78, 5) is 14.6. The summed E-state index contributed by atoms with van der Waals surface area (Å²) in [5, 5.41) is 6.52.